The third-order valence-corrected chi connectivity index (χ3v) is 4.74. The van der Waals surface area contributed by atoms with Gasteiger partial charge in [0.1, 0.15) is 0 Å². The lowest BCUT2D eigenvalue weighted by molar-refractivity contribution is 0.353. The molecular weight excluding hydrogens is 237 g/mol. The molecule has 0 radical (unpaired) electrons. The molecule has 1 fully saturated rings. The second-order valence-corrected chi connectivity index (χ2v) is 5.62. The third-order valence-electron chi connectivity index (χ3n) is 3.89. The average molecular weight is 251 g/mol. The first-order valence-electron chi connectivity index (χ1n) is 5.87. The van der Waals surface area contributed by atoms with Crippen LogP contribution in [-0.2, 0) is 5.54 Å². The van der Waals surface area contributed by atoms with Crippen LogP contribution in [0.4, 0.5) is 4.39 Å². The molecule has 17 heavy (non-hydrogen) atoms. The van der Waals surface area contributed by atoms with Crippen molar-refractivity contribution in [1.29, 1.82) is 0 Å². The van der Waals surface area contributed by atoms with Crippen molar-refractivity contribution in [2.75, 3.05) is 5.75 Å². The fraction of sp³-hybridized carbons (Fsp3) is 0.462. The lowest BCUT2D eigenvalue weighted by Gasteiger charge is -2.34. The summed E-state index contributed by atoms with van der Waals surface area (Å²) in [7, 11) is 0. The highest BCUT2D eigenvalue weighted by molar-refractivity contribution is 8.12. The normalized spacial score (nSPS) is 31.5. The van der Waals surface area contributed by atoms with Gasteiger partial charge in [-0.25, -0.2) is 4.39 Å². The van der Waals surface area contributed by atoms with Gasteiger partial charge in [0.25, 0.3) is 0 Å². The minimum Gasteiger partial charge on any atom is -0.505 e. The number of benzene rings is 1. The van der Waals surface area contributed by atoms with E-state index in [1.54, 1.807) is 23.9 Å². The second-order valence-electron chi connectivity index (χ2n) is 4.75. The van der Waals surface area contributed by atoms with E-state index in [-0.39, 0.29) is 11.3 Å². The Kier molecular flexibility index (Phi) is 2.62. The van der Waals surface area contributed by atoms with Crippen LogP contribution in [0.2, 0.25) is 0 Å². The number of phenols is 1. The molecule has 0 bridgehead atoms. The number of aromatic hydroxyl groups is 1. The predicted molar refractivity (Wildman–Crippen MR) is 68.0 cm³/mol. The molecule has 3 rings (SSSR count). The van der Waals surface area contributed by atoms with E-state index in [0.29, 0.717) is 5.92 Å². The van der Waals surface area contributed by atoms with Crippen molar-refractivity contribution < 1.29 is 9.50 Å². The summed E-state index contributed by atoms with van der Waals surface area (Å²) in [5, 5.41) is 9.52. The van der Waals surface area contributed by atoms with Gasteiger partial charge in [-0.3, -0.25) is 4.99 Å². The lowest BCUT2D eigenvalue weighted by atomic mass is 9.81. The molecule has 2 nitrogen and oxygen atoms in total. The summed E-state index contributed by atoms with van der Waals surface area (Å²) in [6, 6.07) is 4.65. The zero-order valence-corrected chi connectivity index (χ0v) is 10.2. The van der Waals surface area contributed by atoms with E-state index in [1.807, 2.05) is 5.55 Å². The molecule has 0 aromatic heterocycles. The molecule has 1 N–H and O–H groups in total. The van der Waals surface area contributed by atoms with Gasteiger partial charge in [0, 0.05) is 5.75 Å². The summed E-state index contributed by atoms with van der Waals surface area (Å²) in [6.07, 6.45) is 3.32. The number of hydrogen-bond donors (Lipinski definition) is 1. The maximum Gasteiger partial charge on any atom is 0.164 e. The van der Waals surface area contributed by atoms with Gasteiger partial charge in [0.05, 0.1) is 11.1 Å². The van der Waals surface area contributed by atoms with E-state index >= 15 is 0 Å². The molecule has 4 heteroatoms. The number of aliphatic imine (C=N–C) groups is 1. The van der Waals surface area contributed by atoms with Gasteiger partial charge in [-0.05, 0) is 36.5 Å². The zero-order valence-electron chi connectivity index (χ0n) is 9.40. The summed E-state index contributed by atoms with van der Waals surface area (Å²) >= 11 is 1.74. The SMILES string of the molecule is Oc1cc([C@]23CCCC2CSC=N3)ccc1F. The Morgan fingerprint density at radius 2 is 2.35 bits per heavy atom. The number of phenolic OH excluding ortho intramolecular Hbond substituents is 1. The smallest absolute Gasteiger partial charge is 0.164 e. The lowest BCUT2D eigenvalue weighted by Crippen LogP contribution is -2.32. The summed E-state index contributed by atoms with van der Waals surface area (Å²) in [5.41, 5.74) is 2.65. The molecular formula is C13H14FNOS. The molecule has 1 unspecified atom stereocenters. The van der Waals surface area contributed by atoms with Crippen LogP contribution < -0.4 is 0 Å². The number of thioether (sulfide) groups is 1. The minimum atomic E-state index is -0.561. The second kappa shape index (κ2) is 4.02. The van der Waals surface area contributed by atoms with Gasteiger partial charge in [0.15, 0.2) is 11.6 Å². The maximum absolute atomic E-state index is 13.1. The van der Waals surface area contributed by atoms with Gasteiger partial charge in [-0.2, -0.15) is 0 Å². The topological polar surface area (TPSA) is 32.6 Å². The Bertz CT molecular complexity index is 476. The largest absolute Gasteiger partial charge is 0.505 e. The Balaban J connectivity index is 2.08. The van der Waals surface area contributed by atoms with Crippen LogP contribution in [0.15, 0.2) is 23.2 Å². The molecule has 2 atom stereocenters. The Morgan fingerprint density at radius 1 is 1.47 bits per heavy atom. The highest BCUT2D eigenvalue weighted by atomic mass is 32.2. The first-order chi connectivity index (χ1) is 8.22. The highest BCUT2D eigenvalue weighted by Crippen LogP contribution is 2.50. The monoisotopic (exact) mass is 251 g/mol. The Hall–Kier alpha value is -1.03. The summed E-state index contributed by atoms with van der Waals surface area (Å²) in [6.45, 7) is 0. The molecule has 0 spiro atoms. The molecule has 0 amide bonds. The Morgan fingerprint density at radius 3 is 3.18 bits per heavy atom. The van der Waals surface area contributed by atoms with Gasteiger partial charge in [0.2, 0.25) is 0 Å². The minimum absolute atomic E-state index is 0.212. The van der Waals surface area contributed by atoms with Crippen molar-refractivity contribution in [3.05, 3.63) is 29.6 Å². The van der Waals surface area contributed by atoms with Crippen molar-refractivity contribution >= 4 is 17.3 Å². The van der Waals surface area contributed by atoms with Crippen LogP contribution in [0.1, 0.15) is 24.8 Å². The molecule has 1 aromatic carbocycles. The highest BCUT2D eigenvalue weighted by Gasteiger charge is 2.45. The number of hydrogen-bond acceptors (Lipinski definition) is 3. The number of nitrogens with zero attached hydrogens (tertiary/aromatic N) is 1. The van der Waals surface area contributed by atoms with E-state index in [9.17, 15) is 9.50 Å². The molecule has 1 saturated carbocycles. The van der Waals surface area contributed by atoms with E-state index in [0.717, 1.165) is 24.2 Å². The van der Waals surface area contributed by atoms with E-state index < -0.39 is 5.82 Å². The van der Waals surface area contributed by atoms with Gasteiger partial charge >= 0.3 is 0 Å². The molecule has 1 aliphatic carbocycles. The average Bonchev–Trinajstić information content (AvgIpc) is 2.77. The van der Waals surface area contributed by atoms with E-state index in [2.05, 4.69) is 4.99 Å². The molecule has 90 valence electrons. The predicted octanol–water partition coefficient (Wildman–Crippen LogP) is 3.30. The Labute approximate surface area is 104 Å². The van der Waals surface area contributed by atoms with Crippen LogP contribution in [0.5, 0.6) is 5.75 Å². The first-order valence-corrected chi connectivity index (χ1v) is 6.91. The number of rotatable bonds is 1. The van der Waals surface area contributed by atoms with Gasteiger partial charge < -0.3 is 5.11 Å². The van der Waals surface area contributed by atoms with Crippen LogP contribution in [0.3, 0.4) is 0 Å². The standard InChI is InChI=1S/C13H14FNOS/c14-11-4-3-9(6-12(11)16)13-5-1-2-10(13)7-17-8-15-13/h3-4,6,8,10,16H,1-2,5,7H2/t10?,13-/m1/s1. The zero-order chi connectivity index (χ0) is 11.9. The van der Waals surface area contributed by atoms with E-state index in [4.69, 9.17) is 0 Å². The number of halogens is 1. The van der Waals surface area contributed by atoms with Crippen LogP contribution >= 0.6 is 11.8 Å². The third kappa shape index (κ3) is 1.66. The van der Waals surface area contributed by atoms with Crippen molar-refractivity contribution in [3.63, 3.8) is 0 Å². The van der Waals surface area contributed by atoms with Crippen molar-refractivity contribution in [1.82, 2.24) is 0 Å². The fourth-order valence-electron chi connectivity index (χ4n) is 2.98. The summed E-state index contributed by atoms with van der Waals surface area (Å²) in [4.78, 5) is 4.67. The molecule has 0 saturated heterocycles. The fourth-order valence-corrected chi connectivity index (χ4v) is 4.00. The summed E-state index contributed by atoms with van der Waals surface area (Å²) in [5.74, 6) is 0.758. The molecule has 1 aliphatic heterocycles. The van der Waals surface area contributed by atoms with Gasteiger partial charge in [-0.15, -0.1) is 11.8 Å². The molecule has 1 heterocycles. The van der Waals surface area contributed by atoms with Crippen molar-refractivity contribution in [2.24, 2.45) is 10.9 Å². The quantitative estimate of drug-likeness (QED) is 0.830. The van der Waals surface area contributed by atoms with Crippen LogP contribution in [0.25, 0.3) is 0 Å². The maximum atomic E-state index is 13.1. The summed E-state index contributed by atoms with van der Waals surface area (Å²) < 4.78 is 13.1. The first kappa shape index (κ1) is 11.1. The number of fused-ring (bicyclic) bond motifs is 1. The van der Waals surface area contributed by atoms with E-state index in [1.165, 1.54) is 12.5 Å². The molecule has 2 aliphatic rings. The van der Waals surface area contributed by atoms with Crippen LogP contribution in [0, 0.1) is 11.7 Å². The molecule has 1 aromatic rings. The van der Waals surface area contributed by atoms with Crippen molar-refractivity contribution in [3.8, 4) is 5.75 Å². The van der Waals surface area contributed by atoms with Crippen molar-refractivity contribution in [2.45, 2.75) is 24.8 Å². The van der Waals surface area contributed by atoms with Gasteiger partial charge in [-0.1, -0.05) is 12.5 Å². The van der Waals surface area contributed by atoms with Crippen LogP contribution in [-0.4, -0.2) is 16.4 Å².